The molecule has 16 heavy (non-hydrogen) atoms. The molecule has 0 aliphatic carbocycles. The summed E-state index contributed by atoms with van der Waals surface area (Å²) in [6, 6.07) is 5.78. The van der Waals surface area contributed by atoms with Gasteiger partial charge in [-0.3, -0.25) is 0 Å². The molecule has 0 unspecified atom stereocenters. The van der Waals surface area contributed by atoms with E-state index >= 15 is 0 Å². The molecule has 1 aromatic heterocycles. The van der Waals surface area contributed by atoms with Gasteiger partial charge in [0.2, 0.25) is 0 Å². The number of hydrogen-bond acceptors (Lipinski definition) is 2. The molecular weight excluding hydrogens is 224 g/mol. The largest absolute Gasteiger partial charge is 0.380 e. The van der Waals surface area contributed by atoms with Crippen LogP contribution in [-0.4, -0.2) is 22.8 Å². The number of hydrogen-bond donors (Lipinski definition) is 0. The Hall–Kier alpha value is -1.06. The zero-order valence-corrected chi connectivity index (χ0v) is 10.3. The van der Waals surface area contributed by atoms with Crippen molar-refractivity contribution in [3.63, 3.8) is 0 Å². The first kappa shape index (κ1) is 11.4. The minimum atomic E-state index is 0.714. The molecule has 86 valence electrons. The predicted molar refractivity (Wildman–Crippen MR) is 66.0 cm³/mol. The topological polar surface area (TPSA) is 27.1 Å². The van der Waals surface area contributed by atoms with Crippen LogP contribution in [-0.2, 0) is 11.3 Å². The quantitative estimate of drug-likeness (QED) is 0.766. The maximum absolute atomic E-state index is 5.93. The van der Waals surface area contributed by atoms with Crippen molar-refractivity contribution in [3.05, 3.63) is 29.0 Å². The van der Waals surface area contributed by atoms with Gasteiger partial charge in [-0.2, -0.15) is 0 Å². The summed E-state index contributed by atoms with van der Waals surface area (Å²) in [5, 5.41) is 0.724. The van der Waals surface area contributed by atoms with Crippen LogP contribution in [0.25, 0.3) is 11.0 Å². The molecule has 4 heteroatoms. The summed E-state index contributed by atoms with van der Waals surface area (Å²) >= 11 is 5.93. The summed E-state index contributed by atoms with van der Waals surface area (Å²) in [5.41, 5.74) is 2.06. The number of rotatable bonds is 4. The van der Waals surface area contributed by atoms with Crippen LogP contribution in [0, 0.1) is 6.92 Å². The highest BCUT2D eigenvalue weighted by Gasteiger charge is 2.06. The van der Waals surface area contributed by atoms with Crippen molar-refractivity contribution in [2.75, 3.05) is 13.2 Å². The smallest absolute Gasteiger partial charge is 0.106 e. The molecule has 2 rings (SSSR count). The second-order valence-corrected chi connectivity index (χ2v) is 4.08. The Balaban J connectivity index is 2.32. The van der Waals surface area contributed by atoms with Crippen molar-refractivity contribution in [3.8, 4) is 0 Å². The third-order valence-electron chi connectivity index (χ3n) is 2.56. The van der Waals surface area contributed by atoms with Crippen LogP contribution < -0.4 is 0 Å². The molecule has 0 fully saturated rings. The van der Waals surface area contributed by atoms with Crippen molar-refractivity contribution >= 4 is 22.6 Å². The van der Waals surface area contributed by atoms with Gasteiger partial charge in [0.25, 0.3) is 0 Å². The van der Waals surface area contributed by atoms with Crippen molar-refractivity contribution in [2.45, 2.75) is 20.4 Å². The molecule has 0 amide bonds. The van der Waals surface area contributed by atoms with Crippen LogP contribution in [0.3, 0.4) is 0 Å². The van der Waals surface area contributed by atoms with Crippen LogP contribution in [0.4, 0.5) is 0 Å². The zero-order valence-electron chi connectivity index (χ0n) is 9.53. The SMILES string of the molecule is CCOCCn1c(C)nc2cc(Cl)ccc21. The molecule has 0 N–H and O–H groups in total. The van der Waals surface area contributed by atoms with Crippen LogP contribution in [0.5, 0.6) is 0 Å². The minimum Gasteiger partial charge on any atom is -0.380 e. The highest BCUT2D eigenvalue weighted by Crippen LogP contribution is 2.20. The van der Waals surface area contributed by atoms with Gasteiger partial charge >= 0.3 is 0 Å². The molecule has 0 saturated heterocycles. The molecule has 3 nitrogen and oxygen atoms in total. The molecule has 0 aliphatic heterocycles. The number of imidazole rings is 1. The van der Waals surface area contributed by atoms with Crippen molar-refractivity contribution < 1.29 is 4.74 Å². The summed E-state index contributed by atoms with van der Waals surface area (Å²) in [4.78, 5) is 4.48. The molecule has 0 spiro atoms. The molecule has 0 aliphatic rings. The molecule has 0 saturated carbocycles. The fraction of sp³-hybridized carbons (Fsp3) is 0.417. The lowest BCUT2D eigenvalue weighted by atomic mass is 10.3. The maximum Gasteiger partial charge on any atom is 0.106 e. The van der Waals surface area contributed by atoms with E-state index in [1.165, 1.54) is 0 Å². The normalized spacial score (nSPS) is 11.2. The third-order valence-corrected chi connectivity index (χ3v) is 2.80. The van der Waals surface area contributed by atoms with Gasteiger partial charge in [-0.15, -0.1) is 0 Å². The average Bonchev–Trinajstić information content (AvgIpc) is 2.55. The Labute approximate surface area is 100.0 Å². The lowest BCUT2D eigenvalue weighted by Crippen LogP contribution is -2.07. The van der Waals surface area contributed by atoms with E-state index in [1.54, 1.807) is 0 Å². The van der Waals surface area contributed by atoms with E-state index in [-0.39, 0.29) is 0 Å². The van der Waals surface area contributed by atoms with Gasteiger partial charge in [0, 0.05) is 18.2 Å². The van der Waals surface area contributed by atoms with Gasteiger partial charge in [0.05, 0.1) is 17.6 Å². The van der Waals surface area contributed by atoms with Crippen LogP contribution >= 0.6 is 11.6 Å². The van der Waals surface area contributed by atoms with Gasteiger partial charge in [-0.05, 0) is 32.0 Å². The van der Waals surface area contributed by atoms with Crippen LogP contribution in [0.15, 0.2) is 18.2 Å². The highest BCUT2D eigenvalue weighted by atomic mass is 35.5. The van der Waals surface area contributed by atoms with E-state index in [0.717, 1.165) is 35.0 Å². The number of nitrogens with zero attached hydrogens (tertiary/aromatic N) is 2. The number of halogens is 1. The summed E-state index contributed by atoms with van der Waals surface area (Å²) in [6.45, 7) is 6.29. The lowest BCUT2D eigenvalue weighted by molar-refractivity contribution is 0.139. The van der Waals surface area contributed by atoms with Crippen molar-refractivity contribution in [1.29, 1.82) is 0 Å². The Bertz CT molecular complexity index is 493. The van der Waals surface area contributed by atoms with Gasteiger partial charge in [0.1, 0.15) is 5.82 Å². The lowest BCUT2D eigenvalue weighted by Gasteiger charge is -2.06. The fourth-order valence-corrected chi connectivity index (χ4v) is 1.97. The Morgan fingerprint density at radius 2 is 2.25 bits per heavy atom. The minimum absolute atomic E-state index is 0.714. The first-order valence-corrected chi connectivity index (χ1v) is 5.80. The summed E-state index contributed by atoms with van der Waals surface area (Å²) in [6.07, 6.45) is 0. The van der Waals surface area contributed by atoms with Gasteiger partial charge in [-0.1, -0.05) is 11.6 Å². The number of aromatic nitrogens is 2. The molecule has 0 bridgehead atoms. The predicted octanol–water partition coefficient (Wildman–Crippen LogP) is 3.03. The van der Waals surface area contributed by atoms with Gasteiger partial charge in [0.15, 0.2) is 0 Å². The molecule has 0 radical (unpaired) electrons. The molecule has 0 atom stereocenters. The second kappa shape index (κ2) is 4.85. The molecular formula is C12H15ClN2O. The first-order chi connectivity index (χ1) is 7.72. The van der Waals surface area contributed by atoms with E-state index in [0.29, 0.717) is 6.61 Å². The van der Waals surface area contributed by atoms with Crippen molar-refractivity contribution in [2.24, 2.45) is 0 Å². The number of benzene rings is 1. The highest BCUT2D eigenvalue weighted by molar-refractivity contribution is 6.31. The monoisotopic (exact) mass is 238 g/mol. The van der Waals surface area contributed by atoms with Gasteiger partial charge in [-0.25, -0.2) is 4.98 Å². The number of fused-ring (bicyclic) bond motifs is 1. The Kier molecular flexibility index (Phi) is 3.46. The molecule has 1 heterocycles. The molecule has 2 aromatic rings. The number of ether oxygens (including phenoxy) is 1. The standard InChI is InChI=1S/C12H15ClN2O/c1-3-16-7-6-15-9(2)14-11-8-10(13)4-5-12(11)15/h4-5,8H,3,6-7H2,1-2H3. The van der Waals surface area contributed by atoms with Crippen LogP contribution in [0.1, 0.15) is 12.7 Å². The Morgan fingerprint density at radius 1 is 1.44 bits per heavy atom. The number of aryl methyl sites for hydroxylation is 1. The summed E-state index contributed by atoms with van der Waals surface area (Å²) in [7, 11) is 0. The van der Waals surface area contributed by atoms with E-state index in [4.69, 9.17) is 16.3 Å². The zero-order chi connectivity index (χ0) is 11.5. The van der Waals surface area contributed by atoms with Gasteiger partial charge < -0.3 is 9.30 Å². The Morgan fingerprint density at radius 3 is 3.00 bits per heavy atom. The summed E-state index contributed by atoms with van der Waals surface area (Å²) < 4.78 is 7.51. The van der Waals surface area contributed by atoms with Crippen LogP contribution in [0.2, 0.25) is 5.02 Å². The molecule has 1 aromatic carbocycles. The van der Waals surface area contributed by atoms with E-state index in [2.05, 4.69) is 9.55 Å². The second-order valence-electron chi connectivity index (χ2n) is 3.64. The van der Waals surface area contributed by atoms with E-state index in [1.807, 2.05) is 32.0 Å². The first-order valence-electron chi connectivity index (χ1n) is 5.42. The van der Waals surface area contributed by atoms with E-state index in [9.17, 15) is 0 Å². The average molecular weight is 239 g/mol. The third kappa shape index (κ3) is 2.20. The van der Waals surface area contributed by atoms with E-state index < -0.39 is 0 Å². The summed E-state index contributed by atoms with van der Waals surface area (Å²) in [5.74, 6) is 0.997. The fourth-order valence-electron chi connectivity index (χ4n) is 1.81. The maximum atomic E-state index is 5.93. The van der Waals surface area contributed by atoms with Crippen molar-refractivity contribution in [1.82, 2.24) is 9.55 Å².